The standard InChI is InChI=1S/C30H29F3N6O/c1-20-4-5-22(14-21(20)7-9-25-16-35-28-17-34-11-13-39(25)28)29(40)36-24-8-6-23(27(15-24)30(31,32)33)18-38-12-10-26(19-38)37(2)3/h4-6,8,11,13-17,26H,10,12,18-19H2,1-3H3,(H,36,40)/t26-/m0/s1. The lowest BCUT2D eigenvalue weighted by molar-refractivity contribution is -0.138. The van der Waals surface area contributed by atoms with Gasteiger partial charge in [0.15, 0.2) is 5.65 Å². The Bertz CT molecular complexity index is 1620. The molecule has 1 atom stereocenters. The van der Waals surface area contributed by atoms with Crippen molar-refractivity contribution in [3.05, 3.63) is 94.7 Å². The fraction of sp³-hybridized carbons (Fsp3) is 0.300. The quantitative estimate of drug-likeness (QED) is 0.363. The summed E-state index contributed by atoms with van der Waals surface area (Å²) in [6.45, 7) is 3.54. The van der Waals surface area contributed by atoms with Crippen LogP contribution in [0.5, 0.6) is 0 Å². The Morgan fingerprint density at radius 1 is 1.15 bits per heavy atom. The van der Waals surface area contributed by atoms with E-state index in [1.807, 2.05) is 25.9 Å². The molecule has 0 bridgehead atoms. The van der Waals surface area contributed by atoms with Gasteiger partial charge in [-0.25, -0.2) is 4.98 Å². The molecule has 1 fully saturated rings. The predicted octanol–water partition coefficient (Wildman–Crippen LogP) is 4.84. The molecular weight excluding hydrogens is 517 g/mol. The minimum Gasteiger partial charge on any atom is -0.322 e. The van der Waals surface area contributed by atoms with Gasteiger partial charge in [-0.05, 0) is 68.8 Å². The van der Waals surface area contributed by atoms with Crippen LogP contribution in [0.25, 0.3) is 5.65 Å². The highest BCUT2D eigenvalue weighted by Gasteiger charge is 2.35. The van der Waals surface area contributed by atoms with E-state index in [0.29, 0.717) is 28.5 Å². The van der Waals surface area contributed by atoms with Gasteiger partial charge in [-0.1, -0.05) is 18.1 Å². The molecule has 7 nitrogen and oxygen atoms in total. The maximum Gasteiger partial charge on any atom is 0.416 e. The lowest BCUT2D eigenvalue weighted by Crippen LogP contribution is -2.31. The lowest BCUT2D eigenvalue weighted by Gasteiger charge is -2.22. The molecule has 4 aromatic rings. The molecule has 10 heteroatoms. The molecule has 5 rings (SSSR count). The van der Waals surface area contributed by atoms with Crippen LogP contribution in [0.1, 0.15) is 44.7 Å². The summed E-state index contributed by atoms with van der Waals surface area (Å²) in [5, 5.41) is 2.63. The number of amides is 1. The first kappa shape index (κ1) is 27.4. The molecule has 2 aromatic heterocycles. The first-order valence-electron chi connectivity index (χ1n) is 12.9. The summed E-state index contributed by atoms with van der Waals surface area (Å²) in [6.07, 6.45) is 3.04. The zero-order valence-corrected chi connectivity index (χ0v) is 22.5. The van der Waals surface area contributed by atoms with Crippen LogP contribution in [0.4, 0.5) is 18.9 Å². The Morgan fingerprint density at radius 3 is 2.73 bits per heavy atom. The Hall–Kier alpha value is -4.20. The number of rotatable bonds is 5. The van der Waals surface area contributed by atoms with E-state index in [4.69, 9.17) is 0 Å². The second-order valence-electron chi connectivity index (χ2n) is 10.2. The number of benzene rings is 2. The van der Waals surface area contributed by atoms with Crippen LogP contribution in [0, 0.1) is 18.8 Å². The molecule has 0 spiro atoms. The molecule has 0 aliphatic carbocycles. The topological polar surface area (TPSA) is 65.8 Å². The van der Waals surface area contributed by atoms with Crippen molar-refractivity contribution in [2.45, 2.75) is 32.1 Å². The van der Waals surface area contributed by atoms with Gasteiger partial charge < -0.3 is 10.2 Å². The summed E-state index contributed by atoms with van der Waals surface area (Å²) < 4.78 is 43.8. The molecule has 1 amide bonds. The van der Waals surface area contributed by atoms with Gasteiger partial charge in [-0.3, -0.25) is 19.1 Å². The molecule has 1 N–H and O–H groups in total. The second kappa shape index (κ2) is 11.1. The number of likely N-dealkylation sites (N-methyl/N-ethyl adjacent to an activating group) is 1. The van der Waals surface area contributed by atoms with Crippen molar-refractivity contribution >= 4 is 17.2 Å². The van der Waals surface area contributed by atoms with Gasteiger partial charge in [0, 0.05) is 54.9 Å². The van der Waals surface area contributed by atoms with Crippen molar-refractivity contribution in [2.24, 2.45) is 0 Å². The number of carbonyl (C=O) groups is 1. The Kier molecular flexibility index (Phi) is 7.61. The van der Waals surface area contributed by atoms with E-state index in [9.17, 15) is 18.0 Å². The van der Waals surface area contributed by atoms with Crippen molar-refractivity contribution in [3.63, 3.8) is 0 Å². The number of hydrogen-bond donors (Lipinski definition) is 1. The number of imidazole rings is 1. The van der Waals surface area contributed by atoms with Crippen molar-refractivity contribution in [1.82, 2.24) is 24.2 Å². The first-order valence-corrected chi connectivity index (χ1v) is 12.9. The van der Waals surface area contributed by atoms with Gasteiger partial charge in [0.2, 0.25) is 0 Å². The van der Waals surface area contributed by atoms with Gasteiger partial charge in [-0.2, -0.15) is 13.2 Å². The maximum absolute atomic E-state index is 14.0. The number of fused-ring (bicyclic) bond motifs is 1. The van der Waals surface area contributed by atoms with Crippen LogP contribution in [-0.4, -0.2) is 63.3 Å². The molecule has 0 saturated carbocycles. The zero-order chi connectivity index (χ0) is 28.4. The zero-order valence-electron chi connectivity index (χ0n) is 22.5. The van der Waals surface area contributed by atoms with Crippen LogP contribution in [0.15, 0.2) is 61.2 Å². The smallest absolute Gasteiger partial charge is 0.322 e. The van der Waals surface area contributed by atoms with Crippen molar-refractivity contribution in [2.75, 3.05) is 32.5 Å². The van der Waals surface area contributed by atoms with Gasteiger partial charge in [0.1, 0.15) is 5.69 Å². The Morgan fingerprint density at radius 2 is 1.98 bits per heavy atom. The molecule has 206 valence electrons. The van der Waals surface area contributed by atoms with Gasteiger partial charge in [0.25, 0.3) is 5.91 Å². The number of aromatic nitrogens is 3. The van der Waals surface area contributed by atoms with Crippen LogP contribution < -0.4 is 5.32 Å². The first-order chi connectivity index (χ1) is 19.1. The number of likely N-dealkylation sites (tertiary alicyclic amines) is 1. The molecule has 1 aliphatic heterocycles. The fourth-order valence-corrected chi connectivity index (χ4v) is 4.84. The molecule has 1 saturated heterocycles. The third-order valence-corrected chi connectivity index (χ3v) is 7.19. The molecule has 40 heavy (non-hydrogen) atoms. The van der Waals surface area contributed by atoms with E-state index >= 15 is 0 Å². The van der Waals surface area contributed by atoms with E-state index in [1.165, 1.54) is 12.1 Å². The van der Waals surface area contributed by atoms with Crippen molar-refractivity contribution in [1.29, 1.82) is 0 Å². The summed E-state index contributed by atoms with van der Waals surface area (Å²) in [5.41, 5.74) is 2.66. The average Bonchev–Trinajstić information content (AvgIpc) is 3.56. The summed E-state index contributed by atoms with van der Waals surface area (Å²) in [5.74, 6) is 5.63. The van der Waals surface area contributed by atoms with Crippen LogP contribution in [-0.2, 0) is 12.7 Å². The minimum absolute atomic E-state index is 0.0845. The normalized spacial score (nSPS) is 15.8. The summed E-state index contributed by atoms with van der Waals surface area (Å²) >= 11 is 0. The SMILES string of the molecule is Cc1ccc(C(=O)Nc2ccc(CN3CC[C@H](N(C)C)C3)c(C(F)(F)F)c2)cc1C#Cc1cnc2cnccn12. The molecule has 1 aliphatic rings. The van der Waals surface area contributed by atoms with Crippen LogP contribution in [0.2, 0.25) is 0 Å². The van der Waals surface area contributed by atoms with Crippen LogP contribution in [0.3, 0.4) is 0 Å². The molecular formula is C30H29F3N6O. The van der Waals surface area contributed by atoms with Gasteiger partial charge in [0.05, 0.1) is 18.0 Å². The monoisotopic (exact) mass is 546 g/mol. The fourth-order valence-electron chi connectivity index (χ4n) is 4.84. The maximum atomic E-state index is 14.0. The number of hydrogen-bond acceptors (Lipinski definition) is 5. The molecule has 3 heterocycles. The third kappa shape index (κ3) is 6.01. The average molecular weight is 547 g/mol. The number of carbonyl (C=O) groups excluding carboxylic acids is 1. The summed E-state index contributed by atoms with van der Waals surface area (Å²) in [7, 11) is 3.96. The molecule has 0 radical (unpaired) electrons. The van der Waals surface area contributed by atoms with Gasteiger partial charge in [-0.15, -0.1) is 0 Å². The minimum atomic E-state index is -4.54. The number of halogens is 3. The van der Waals surface area contributed by atoms with E-state index in [0.717, 1.165) is 31.1 Å². The van der Waals surface area contributed by atoms with E-state index in [1.54, 1.807) is 47.4 Å². The van der Waals surface area contributed by atoms with Crippen molar-refractivity contribution in [3.8, 4) is 11.8 Å². The number of nitrogens with one attached hydrogen (secondary N) is 1. The Labute approximate surface area is 230 Å². The highest BCUT2D eigenvalue weighted by molar-refractivity contribution is 6.04. The number of aryl methyl sites for hydroxylation is 1. The van der Waals surface area contributed by atoms with Crippen LogP contribution >= 0.6 is 0 Å². The van der Waals surface area contributed by atoms with E-state index < -0.39 is 17.6 Å². The number of alkyl halides is 3. The van der Waals surface area contributed by atoms with Gasteiger partial charge >= 0.3 is 6.18 Å². The van der Waals surface area contributed by atoms with E-state index in [-0.39, 0.29) is 17.8 Å². The lowest BCUT2D eigenvalue weighted by atomic mass is 10.0. The summed E-state index contributed by atoms with van der Waals surface area (Å²) in [4.78, 5) is 25.5. The molecule has 0 unspecified atom stereocenters. The predicted molar refractivity (Wildman–Crippen MR) is 147 cm³/mol. The Balaban J connectivity index is 1.34. The largest absolute Gasteiger partial charge is 0.416 e. The molecule has 2 aromatic carbocycles. The highest BCUT2D eigenvalue weighted by atomic mass is 19.4. The van der Waals surface area contributed by atoms with Crippen molar-refractivity contribution < 1.29 is 18.0 Å². The number of anilines is 1. The number of nitrogens with zero attached hydrogens (tertiary/aromatic N) is 5. The second-order valence-corrected chi connectivity index (χ2v) is 10.2. The highest BCUT2D eigenvalue weighted by Crippen LogP contribution is 2.35. The summed E-state index contributed by atoms with van der Waals surface area (Å²) in [6, 6.07) is 9.35. The van der Waals surface area contributed by atoms with E-state index in [2.05, 4.69) is 32.0 Å². The third-order valence-electron chi connectivity index (χ3n) is 7.19.